The molecule has 2 rings (SSSR count). The van der Waals surface area contributed by atoms with Gasteiger partial charge in [0.15, 0.2) is 11.5 Å². The van der Waals surface area contributed by atoms with E-state index in [0.29, 0.717) is 29.7 Å². The molecule has 0 aliphatic heterocycles. The third kappa shape index (κ3) is 3.65. The van der Waals surface area contributed by atoms with Gasteiger partial charge < -0.3 is 15.2 Å². The van der Waals surface area contributed by atoms with Crippen LogP contribution in [0.15, 0.2) is 42.5 Å². The van der Waals surface area contributed by atoms with Crippen LogP contribution in [0.1, 0.15) is 11.1 Å². The smallest absolute Gasteiger partial charge is 0.161 e. The van der Waals surface area contributed by atoms with Crippen LogP contribution in [0.5, 0.6) is 11.5 Å². The van der Waals surface area contributed by atoms with E-state index in [2.05, 4.69) is 0 Å². The standard InChI is InChI=1S/C16H18ClNO2/c1-19-16-10-12(8-9-18)6-7-15(16)20-11-13-4-2-3-5-14(13)17/h2-7,10H,8-9,11,18H2,1H3. The first-order chi connectivity index (χ1) is 9.74. The summed E-state index contributed by atoms with van der Waals surface area (Å²) >= 11 is 6.11. The Kier molecular flexibility index (Phi) is 5.27. The van der Waals surface area contributed by atoms with Gasteiger partial charge in [-0.05, 0) is 36.7 Å². The van der Waals surface area contributed by atoms with E-state index in [1.54, 1.807) is 7.11 Å². The maximum absolute atomic E-state index is 6.11. The predicted molar refractivity (Wildman–Crippen MR) is 81.5 cm³/mol. The summed E-state index contributed by atoms with van der Waals surface area (Å²) in [6.07, 6.45) is 0.821. The molecule has 2 aromatic rings. The monoisotopic (exact) mass is 291 g/mol. The minimum absolute atomic E-state index is 0.409. The van der Waals surface area contributed by atoms with Gasteiger partial charge in [-0.1, -0.05) is 35.9 Å². The summed E-state index contributed by atoms with van der Waals surface area (Å²) in [7, 11) is 1.63. The van der Waals surface area contributed by atoms with Gasteiger partial charge in [0.2, 0.25) is 0 Å². The van der Waals surface area contributed by atoms with Crippen LogP contribution in [0.2, 0.25) is 5.02 Å². The van der Waals surface area contributed by atoms with Crippen molar-refractivity contribution in [1.82, 2.24) is 0 Å². The molecule has 0 saturated heterocycles. The van der Waals surface area contributed by atoms with Crippen LogP contribution < -0.4 is 15.2 Å². The van der Waals surface area contributed by atoms with Gasteiger partial charge in [0, 0.05) is 10.6 Å². The van der Waals surface area contributed by atoms with E-state index in [1.807, 2.05) is 42.5 Å². The molecule has 0 bridgehead atoms. The fraction of sp³-hybridized carbons (Fsp3) is 0.250. The van der Waals surface area contributed by atoms with Crippen LogP contribution in [-0.2, 0) is 13.0 Å². The predicted octanol–water partition coefficient (Wildman–Crippen LogP) is 3.43. The zero-order chi connectivity index (χ0) is 14.4. The molecule has 3 nitrogen and oxygen atoms in total. The van der Waals surface area contributed by atoms with E-state index in [4.69, 9.17) is 26.8 Å². The molecule has 0 spiro atoms. The van der Waals surface area contributed by atoms with Crippen molar-refractivity contribution in [3.05, 3.63) is 58.6 Å². The van der Waals surface area contributed by atoms with Gasteiger partial charge in [-0.15, -0.1) is 0 Å². The maximum atomic E-state index is 6.11. The van der Waals surface area contributed by atoms with Gasteiger partial charge in [-0.2, -0.15) is 0 Å². The first-order valence-electron chi connectivity index (χ1n) is 6.47. The molecule has 0 radical (unpaired) electrons. The number of halogens is 1. The molecule has 0 aromatic heterocycles. The molecule has 0 unspecified atom stereocenters. The summed E-state index contributed by atoms with van der Waals surface area (Å²) in [5, 5.41) is 0.700. The molecule has 20 heavy (non-hydrogen) atoms. The Morgan fingerprint density at radius 1 is 1.10 bits per heavy atom. The van der Waals surface area contributed by atoms with Crippen LogP contribution in [0, 0.1) is 0 Å². The van der Waals surface area contributed by atoms with E-state index < -0.39 is 0 Å². The number of hydrogen-bond acceptors (Lipinski definition) is 3. The average Bonchev–Trinajstić information content (AvgIpc) is 2.47. The lowest BCUT2D eigenvalue weighted by Crippen LogP contribution is -2.03. The summed E-state index contributed by atoms with van der Waals surface area (Å²) in [5.74, 6) is 1.41. The molecule has 4 heteroatoms. The number of rotatable bonds is 6. The minimum Gasteiger partial charge on any atom is -0.493 e. The lowest BCUT2D eigenvalue weighted by molar-refractivity contribution is 0.284. The Morgan fingerprint density at radius 3 is 2.60 bits per heavy atom. The van der Waals surface area contributed by atoms with Crippen molar-refractivity contribution in [2.24, 2.45) is 5.73 Å². The second kappa shape index (κ2) is 7.17. The van der Waals surface area contributed by atoms with Crippen molar-refractivity contribution in [3.63, 3.8) is 0 Å². The zero-order valence-corrected chi connectivity index (χ0v) is 12.2. The van der Waals surface area contributed by atoms with Crippen molar-refractivity contribution >= 4 is 11.6 Å². The third-order valence-corrected chi connectivity index (χ3v) is 3.37. The Bertz CT molecular complexity index is 572. The van der Waals surface area contributed by atoms with Crippen LogP contribution >= 0.6 is 11.6 Å². The molecule has 0 atom stereocenters. The Balaban J connectivity index is 2.11. The highest BCUT2D eigenvalue weighted by Crippen LogP contribution is 2.29. The number of ether oxygens (including phenoxy) is 2. The second-order valence-electron chi connectivity index (χ2n) is 4.40. The van der Waals surface area contributed by atoms with E-state index >= 15 is 0 Å². The number of hydrogen-bond donors (Lipinski definition) is 1. The first-order valence-corrected chi connectivity index (χ1v) is 6.85. The van der Waals surface area contributed by atoms with Crippen LogP contribution in [-0.4, -0.2) is 13.7 Å². The SMILES string of the molecule is COc1cc(CCN)ccc1OCc1ccccc1Cl. The van der Waals surface area contributed by atoms with Gasteiger partial charge in [0.05, 0.1) is 7.11 Å². The van der Waals surface area contributed by atoms with Gasteiger partial charge in [0.25, 0.3) is 0 Å². The summed E-state index contributed by atoms with van der Waals surface area (Å²) in [6.45, 7) is 1.02. The molecule has 0 amide bonds. The largest absolute Gasteiger partial charge is 0.493 e. The first kappa shape index (κ1) is 14.7. The maximum Gasteiger partial charge on any atom is 0.161 e. The van der Waals surface area contributed by atoms with Crippen molar-refractivity contribution in [2.75, 3.05) is 13.7 Å². The average molecular weight is 292 g/mol. The number of methoxy groups -OCH3 is 1. The molecule has 0 aliphatic carbocycles. The third-order valence-electron chi connectivity index (χ3n) is 3.00. The zero-order valence-electron chi connectivity index (χ0n) is 11.4. The summed E-state index contributed by atoms with van der Waals surface area (Å²) < 4.78 is 11.1. The van der Waals surface area contributed by atoms with Crippen molar-refractivity contribution < 1.29 is 9.47 Å². The molecule has 106 valence electrons. The molecule has 0 heterocycles. The van der Waals surface area contributed by atoms with Gasteiger partial charge in [-0.25, -0.2) is 0 Å². The lowest BCUT2D eigenvalue weighted by atomic mass is 10.1. The molecule has 0 saturated carbocycles. The second-order valence-corrected chi connectivity index (χ2v) is 4.81. The van der Waals surface area contributed by atoms with Crippen molar-refractivity contribution in [3.8, 4) is 11.5 Å². The molecular formula is C16H18ClNO2. The molecule has 0 fully saturated rings. The summed E-state index contributed by atoms with van der Waals surface area (Å²) in [5.41, 5.74) is 7.63. The van der Waals surface area contributed by atoms with Crippen molar-refractivity contribution in [1.29, 1.82) is 0 Å². The molecule has 0 aliphatic rings. The van der Waals surface area contributed by atoms with Crippen LogP contribution in [0.4, 0.5) is 0 Å². The van der Waals surface area contributed by atoms with E-state index in [-0.39, 0.29) is 0 Å². The van der Waals surface area contributed by atoms with Crippen LogP contribution in [0.25, 0.3) is 0 Å². The fourth-order valence-corrected chi connectivity index (χ4v) is 2.11. The Morgan fingerprint density at radius 2 is 1.90 bits per heavy atom. The molecule has 2 N–H and O–H groups in total. The normalized spacial score (nSPS) is 10.3. The highest BCUT2D eigenvalue weighted by atomic mass is 35.5. The van der Waals surface area contributed by atoms with Gasteiger partial charge in [-0.3, -0.25) is 0 Å². The Labute approximate surface area is 124 Å². The van der Waals surface area contributed by atoms with E-state index in [0.717, 1.165) is 17.5 Å². The van der Waals surface area contributed by atoms with E-state index in [9.17, 15) is 0 Å². The minimum atomic E-state index is 0.409. The van der Waals surface area contributed by atoms with Gasteiger partial charge in [0.1, 0.15) is 6.61 Å². The van der Waals surface area contributed by atoms with Crippen LogP contribution in [0.3, 0.4) is 0 Å². The highest BCUT2D eigenvalue weighted by Gasteiger charge is 2.07. The summed E-state index contributed by atoms with van der Waals surface area (Å²) in [4.78, 5) is 0. The molecule has 2 aromatic carbocycles. The quantitative estimate of drug-likeness (QED) is 0.887. The topological polar surface area (TPSA) is 44.5 Å². The fourth-order valence-electron chi connectivity index (χ4n) is 1.92. The Hall–Kier alpha value is -1.71. The van der Waals surface area contributed by atoms with E-state index in [1.165, 1.54) is 0 Å². The molecular weight excluding hydrogens is 274 g/mol. The summed E-state index contributed by atoms with van der Waals surface area (Å²) in [6, 6.07) is 13.5. The lowest BCUT2D eigenvalue weighted by Gasteiger charge is -2.12. The highest BCUT2D eigenvalue weighted by molar-refractivity contribution is 6.31. The number of benzene rings is 2. The van der Waals surface area contributed by atoms with Gasteiger partial charge >= 0.3 is 0 Å². The number of nitrogens with two attached hydrogens (primary N) is 1. The van der Waals surface area contributed by atoms with Crippen molar-refractivity contribution in [2.45, 2.75) is 13.0 Å².